The van der Waals surface area contributed by atoms with Crippen molar-refractivity contribution in [1.82, 2.24) is 4.98 Å². The molecule has 134 valence electrons. The highest BCUT2D eigenvalue weighted by Crippen LogP contribution is 2.74. The van der Waals surface area contributed by atoms with Crippen LogP contribution in [0.1, 0.15) is 47.3 Å². The predicted octanol–water partition coefficient (Wildman–Crippen LogP) is 5.64. The largest absolute Gasteiger partial charge is 0.293 e. The minimum atomic E-state index is -0.543. The zero-order valence-corrected chi connectivity index (χ0v) is 16.1. The zero-order chi connectivity index (χ0) is 18.5. The van der Waals surface area contributed by atoms with Crippen molar-refractivity contribution in [2.45, 2.75) is 40.7 Å². The lowest BCUT2D eigenvalue weighted by Crippen LogP contribution is -2.65. The van der Waals surface area contributed by atoms with Gasteiger partial charge in [-0.2, -0.15) is 0 Å². The molecule has 2 nitrogen and oxygen atoms in total. The smallest absolute Gasteiger partial charge is 0.175 e. The maximum atomic E-state index is 14.1. The van der Waals surface area contributed by atoms with Crippen LogP contribution in [0.2, 0.25) is 0 Å². The van der Waals surface area contributed by atoms with E-state index in [4.69, 9.17) is 0 Å². The molecule has 1 fully saturated rings. The molecule has 0 bridgehead atoms. The van der Waals surface area contributed by atoms with Crippen molar-refractivity contribution in [3.8, 4) is 0 Å². The Morgan fingerprint density at radius 2 is 1.78 bits per heavy atom. The van der Waals surface area contributed by atoms with Crippen LogP contribution in [0.5, 0.6) is 0 Å². The van der Waals surface area contributed by atoms with Crippen LogP contribution in [-0.4, -0.2) is 15.5 Å². The van der Waals surface area contributed by atoms with Crippen molar-refractivity contribution in [2.75, 3.05) is 0 Å². The van der Waals surface area contributed by atoms with Crippen molar-refractivity contribution in [3.63, 3.8) is 0 Å². The predicted molar refractivity (Wildman–Crippen MR) is 109 cm³/mol. The number of carbonyl (C=O) groups excluding carboxylic acids is 1. The van der Waals surface area contributed by atoms with Gasteiger partial charge in [0.25, 0.3) is 0 Å². The van der Waals surface area contributed by atoms with Gasteiger partial charge in [-0.05, 0) is 36.6 Å². The van der Waals surface area contributed by atoms with Crippen molar-refractivity contribution in [1.29, 1.82) is 0 Å². The first-order chi connectivity index (χ1) is 13.2. The van der Waals surface area contributed by atoms with Crippen LogP contribution in [0.3, 0.4) is 0 Å². The van der Waals surface area contributed by atoms with Crippen LogP contribution in [0.25, 0.3) is 0 Å². The Labute approximate surface area is 164 Å². The number of thioether (sulfide) groups is 1. The molecule has 0 saturated heterocycles. The van der Waals surface area contributed by atoms with E-state index < -0.39 is 5.41 Å². The highest BCUT2D eigenvalue weighted by atomic mass is 32.2. The number of Topliss-reactive ketones (excluding diaryl/α,β-unsaturated/α-hetero) is 1. The Balaban J connectivity index is 1.77. The van der Waals surface area contributed by atoms with Gasteiger partial charge < -0.3 is 0 Å². The second-order valence-corrected chi connectivity index (χ2v) is 8.89. The number of benzene rings is 2. The second-order valence-electron chi connectivity index (χ2n) is 7.46. The van der Waals surface area contributed by atoms with Gasteiger partial charge in [-0.3, -0.25) is 9.78 Å². The number of aromatic nitrogens is 1. The highest BCUT2D eigenvalue weighted by molar-refractivity contribution is 8.01. The number of fused-ring (bicyclic) bond motifs is 3. The molecule has 0 spiro atoms. The number of ketones is 1. The molecule has 27 heavy (non-hydrogen) atoms. The molecule has 2 aromatic carbocycles. The van der Waals surface area contributed by atoms with E-state index in [1.165, 1.54) is 10.5 Å². The monoisotopic (exact) mass is 371 g/mol. The normalized spacial score (nSPS) is 28.1. The van der Waals surface area contributed by atoms with Gasteiger partial charge in [0.05, 0.1) is 5.41 Å². The van der Waals surface area contributed by atoms with Gasteiger partial charge in [-0.15, -0.1) is 11.8 Å². The molecule has 0 radical (unpaired) electrons. The van der Waals surface area contributed by atoms with Crippen LogP contribution in [-0.2, 0) is 5.41 Å². The van der Waals surface area contributed by atoms with Crippen molar-refractivity contribution >= 4 is 17.5 Å². The minimum Gasteiger partial charge on any atom is -0.293 e. The van der Waals surface area contributed by atoms with E-state index >= 15 is 0 Å². The summed E-state index contributed by atoms with van der Waals surface area (Å²) in [6, 6.07) is 24.3. The molecule has 2 heterocycles. The van der Waals surface area contributed by atoms with E-state index in [1.54, 1.807) is 0 Å². The van der Waals surface area contributed by atoms with Crippen LogP contribution in [0, 0.1) is 0 Å². The SMILES string of the molecule is CC[C@]12C[C@H](c3ccccn3)[C@@]1(C(=O)c1ccccc1)c1ccccc1S2. The molecule has 3 atom stereocenters. The maximum absolute atomic E-state index is 14.1. The lowest BCUT2D eigenvalue weighted by molar-refractivity contribution is 0.0596. The van der Waals surface area contributed by atoms with Gasteiger partial charge in [0.2, 0.25) is 0 Å². The third-order valence-electron chi connectivity index (χ3n) is 6.40. The van der Waals surface area contributed by atoms with Gasteiger partial charge in [-0.25, -0.2) is 0 Å². The van der Waals surface area contributed by atoms with E-state index in [0.717, 1.165) is 24.1 Å². The topological polar surface area (TPSA) is 30.0 Å². The third-order valence-corrected chi connectivity index (χ3v) is 8.15. The quantitative estimate of drug-likeness (QED) is 0.556. The molecule has 0 amide bonds. The minimum absolute atomic E-state index is 0.0915. The summed E-state index contributed by atoms with van der Waals surface area (Å²) in [5.74, 6) is 0.354. The summed E-state index contributed by atoms with van der Waals surface area (Å²) >= 11 is 1.91. The molecular weight excluding hydrogens is 350 g/mol. The molecule has 5 rings (SSSR count). The van der Waals surface area contributed by atoms with Gasteiger partial charge >= 0.3 is 0 Å². The molecule has 0 N–H and O–H groups in total. The van der Waals surface area contributed by atoms with Crippen LogP contribution in [0.4, 0.5) is 0 Å². The Hall–Kier alpha value is -2.39. The molecule has 0 unspecified atom stereocenters. The third kappa shape index (κ3) is 2.09. The molecular formula is C24H21NOS. The zero-order valence-electron chi connectivity index (χ0n) is 15.3. The summed E-state index contributed by atoms with van der Waals surface area (Å²) in [7, 11) is 0. The van der Waals surface area contributed by atoms with Crippen LogP contribution >= 0.6 is 11.8 Å². The van der Waals surface area contributed by atoms with E-state index in [0.29, 0.717) is 0 Å². The molecule has 3 heteroatoms. The highest BCUT2D eigenvalue weighted by Gasteiger charge is 2.73. The van der Waals surface area contributed by atoms with Gasteiger partial charge in [-0.1, -0.05) is 61.5 Å². The van der Waals surface area contributed by atoms with Crippen molar-refractivity contribution < 1.29 is 4.79 Å². The van der Waals surface area contributed by atoms with Gasteiger partial charge in [0.1, 0.15) is 0 Å². The summed E-state index contributed by atoms with van der Waals surface area (Å²) in [6.45, 7) is 2.22. The van der Waals surface area contributed by atoms with Gasteiger partial charge in [0.15, 0.2) is 5.78 Å². The number of pyridine rings is 1. The first-order valence-corrected chi connectivity index (χ1v) is 10.3. The van der Waals surface area contributed by atoms with E-state index in [1.807, 2.05) is 60.4 Å². The molecule has 1 saturated carbocycles. The average Bonchev–Trinajstić information content (AvgIpc) is 2.94. The summed E-state index contributed by atoms with van der Waals surface area (Å²) in [5, 5.41) is 0. The Kier molecular flexibility index (Phi) is 3.76. The summed E-state index contributed by atoms with van der Waals surface area (Å²) in [4.78, 5) is 20.0. The number of hydrogen-bond donors (Lipinski definition) is 0. The second kappa shape index (κ2) is 6.07. The molecule has 2 aliphatic rings. The fourth-order valence-electron chi connectivity index (χ4n) is 5.19. The van der Waals surface area contributed by atoms with Crippen molar-refractivity contribution in [2.24, 2.45) is 0 Å². The van der Waals surface area contributed by atoms with Gasteiger partial charge in [0, 0.05) is 33.0 Å². The lowest BCUT2D eigenvalue weighted by Gasteiger charge is -2.59. The molecule has 1 aliphatic carbocycles. The van der Waals surface area contributed by atoms with Crippen molar-refractivity contribution in [3.05, 3.63) is 95.8 Å². The lowest BCUT2D eigenvalue weighted by atomic mass is 9.45. The number of carbonyl (C=O) groups is 1. The fourth-order valence-corrected chi connectivity index (χ4v) is 6.99. The molecule has 1 aliphatic heterocycles. The average molecular weight is 372 g/mol. The maximum Gasteiger partial charge on any atom is 0.175 e. The number of hydrogen-bond acceptors (Lipinski definition) is 3. The van der Waals surface area contributed by atoms with E-state index in [2.05, 4.69) is 42.2 Å². The summed E-state index contributed by atoms with van der Waals surface area (Å²) in [6.07, 6.45) is 3.79. The first-order valence-electron chi connectivity index (χ1n) is 9.52. The molecule has 1 aromatic heterocycles. The Bertz CT molecular complexity index is 1000. The summed E-state index contributed by atoms with van der Waals surface area (Å²) in [5.41, 5.74) is 2.47. The summed E-state index contributed by atoms with van der Waals surface area (Å²) < 4.78 is -0.0915. The first kappa shape index (κ1) is 16.8. The fraction of sp³-hybridized carbons (Fsp3) is 0.250. The van der Waals surface area contributed by atoms with Crippen LogP contribution in [0.15, 0.2) is 83.9 Å². The number of nitrogens with zero attached hydrogens (tertiary/aromatic N) is 1. The Morgan fingerprint density at radius 3 is 2.52 bits per heavy atom. The van der Waals surface area contributed by atoms with E-state index in [-0.39, 0.29) is 16.4 Å². The van der Waals surface area contributed by atoms with Crippen LogP contribution < -0.4 is 0 Å². The number of rotatable bonds is 4. The van der Waals surface area contributed by atoms with E-state index in [9.17, 15) is 4.79 Å². The molecule has 3 aromatic rings. The Morgan fingerprint density at radius 1 is 1.04 bits per heavy atom. The standard InChI is InChI=1S/C24H21NOS/c1-2-23-16-19(20-13-8-9-15-25-20)24(23,18-12-6-7-14-21(18)27-23)22(26)17-10-4-3-5-11-17/h3-15,19H,2,16H2,1H3/t19-,23+,24-/m1/s1.